The number of hydrogen-bond donors (Lipinski definition) is 1. The molecule has 4 nitrogen and oxygen atoms in total. The third-order valence-corrected chi connectivity index (χ3v) is 2.29. The van der Waals surface area contributed by atoms with E-state index in [0.29, 0.717) is 18.8 Å². The van der Waals surface area contributed by atoms with Gasteiger partial charge in [0.1, 0.15) is 5.78 Å². The number of carbonyl (C=O) groups is 3. The van der Waals surface area contributed by atoms with Gasteiger partial charge in [-0.05, 0) is 25.7 Å². The Morgan fingerprint density at radius 2 is 1.73 bits per heavy atom. The van der Waals surface area contributed by atoms with Gasteiger partial charge in [-0.3, -0.25) is 9.59 Å². The lowest BCUT2D eigenvalue weighted by Gasteiger charge is -2.14. The number of rotatable bonds is 7. The highest BCUT2D eigenvalue weighted by Gasteiger charge is 2.19. The van der Waals surface area contributed by atoms with Gasteiger partial charge in [0, 0.05) is 12.3 Å². The molecule has 0 amide bonds. The summed E-state index contributed by atoms with van der Waals surface area (Å²) in [5.41, 5.74) is 0. The van der Waals surface area contributed by atoms with Gasteiger partial charge in [-0.15, -0.1) is 0 Å². The number of carboxylic acid groups (broad SMARTS) is 1. The van der Waals surface area contributed by atoms with E-state index in [9.17, 15) is 14.4 Å². The summed E-state index contributed by atoms with van der Waals surface area (Å²) in [6.45, 7) is 5.47. The molecule has 0 radical (unpaired) electrons. The van der Waals surface area contributed by atoms with Gasteiger partial charge in [-0.1, -0.05) is 13.8 Å². The zero-order chi connectivity index (χ0) is 12.0. The fraction of sp³-hybridized carbons (Fsp3) is 0.727. The molecule has 15 heavy (non-hydrogen) atoms. The van der Waals surface area contributed by atoms with Gasteiger partial charge in [-0.2, -0.15) is 0 Å². The Morgan fingerprint density at radius 1 is 1.20 bits per heavy atom. The Hall–Kier alpha value is -1.19. The van der Waals surface area contributed by atoms with Crippen LogP contribution < -0.4 is 0 Å². The Labute approximate surface area is 89.7 Å². The summed E-state index contributed by atoms with van der Waals surface area (Å²) in [5, 5.41) is 8.38. The Balaban J connectivity index is 4.13. The molecule has 0 aromatic heterocycles. The quantitative estimate of drug-likeness (QED) is 0.654. The van der Waals surface area contributed by atoms with Crippen molar-refractivity contribution >= 4 is 17.5 Å². The minimum Gasteiger partial charge on any atom is -0.476 e. The Morgan fingerprint density at radius 3 is 2.07 bits per heavy atom. The van der Waals surface area contributed by atoms with Gasteiger partial charge in [0.05, 0.1) is 0 Å². The molecule has 4 heteroatoms. The molecule has 0 heterocycles. The van der Waals surface area contributed by atoms with E-state index in [0.717, 1.165) is 0 Å². The molecular weight excluding hydrogens is 196 g/mol. The minimum atomic E-state index is -1.41. The van der Waals surface area contributed by atoms with E-state index in [2.05, 4.69) is 0 Å². The normalized spacial score (nSPS) is 12.5. The second-order valence-corrected chi connectivity index (χ2v) is 4.20. The molecule has 0 fully saturated rings. The summed E-state index contributed by atoms with van der Waals surface area (Å²) in [6, 6.07) is 0. The van der Waals surface area contributed by atoms with Gasteiger partial charge < -0.3 is 5.11 Å². The fourth-order valence-electron chi connectivity index (χ4n) is 1.47. The molecule has 1 unspecified atom stereocenters. The van der Waals surface area contributed by atoms with Crippen LogP contribution in [-0.4, -0.2) is 22.6 Å². The van der Waals surface area contributed by atoms with E-state index < -0.39 is 11.8 Å². The molecule has 1 atom stereocenters. The first kappa shape index (κ1) is 13.8. The van der Waals surface area contributed by atoms with Gasteiger partial charge in [0.15, 0.2) is 0 Å². The van der Waals surface area contributed by atoms with Crippen LogP contribution in [0.5, 0.6) is 0 Å². The van der Waals surface area contributed by atoms with Crippen molar-refractivity contribution in [3.8, 4) is 0 Å². The molecule has 0 aromatic carbocycles. The summed E-state index contributed by atoms with van der Waals surface area (Å²) in [6.07, 6.45) is 1.01. The monoisotopic (exact) mass is 214 g/mol. The number of Topliss-reactive ketones (excluding diaryl/α,β-unsaturated/α-hetero) is 2. The third-order valence-electron chi connectivity index (χ3n) is 2.29. The average molecular weight is 214 g/mol. The van der Waals surface area contributed by atoms with Crippen molar-refractivity contribution < 1.29 is 19.5 Å². The van der Waals surface area contributed by atoms with E-state index >= 15 is 0 Å². The smallest absolute Gasteiger partial charge is 0.372 e. The molecule has 0 aromatic rings. The molecule has 1 N–H and O–H groups in total. The zero-order valence-electron chi connectivity index (χ0n) is 9.45. The van der Waals surface area contributed by atoms with E-state index in [1.165, 1.54) is 6.92 Å². The first-order chi connectivity index (χ1) is 6.84. The van der Waals surface area contributed by atoms with Crippen molar-refractivity contribution in [2.45, 2.75) is 40.0 Å². The lowest BCUT2D eigenvalue weighted by Crippen LogP contribution is -2.18. The molecule has 0 spiro atoms. The van der Waals surface area contributed by atoms with Crippen LogP contribution in [0.2, 0.25) is 0 Å². The van der Waals surface area contributed by atoms with Crippen molar-refractivity contribution in [2.24, 2.45) is 11.8 Å². The van der Waals surface area contributed by atoms with Crippen LogP contribution in [0.4, 0.5) is 0 Å². The highest BCUT2D eigenvalue weighted by Crippen LogP contribution is 2.18. The maximum atomic E-state index is 11.2. The maximum absolute atomic E-state index is 11.2. The van der Waals surface area contributed by atoms with E-state index in [4.69, 9.17) is 5.11 Å². The molecule has 0 aliphatic rings. The molecule has 0 rings (SSSR count). The standard InChI is InChI=1S/C11H18O4/c1-7(2)6-9(8(3)12)4-5-10(13)11(14)15/h7,9H,4-6H2,1-3H3,(H,14,15). The fourth-order valence-corrected chi connectivity index (χ4v) is 1.47. The predicted molar refractivity (Wildman–Crippen MR) is 55.5 cm³/mol. The number of hydrogen-bond acceptors (Lipinski definition) is 3. The van der Waals surface area contributed by atoms with Crippen LogP contribution >= 0.6 is 0 Å². The summed E-state index contributed by atoms with van der Waals surface area (Å²) < 4.78 is 0. The molecule has 0 aliphatic carbocycles. The Kier molecular flexibility index (Phi) is 5.82. The van der Waals surface area contributed by atoms with Crippen molar-refractivity contribution in [3.63, 3.8) is 0 Å². The van der Waals surface area contributed by atoms with E-state index in [1.54, 1.807) is 0 Å². The minimum absolute atomic E-state index is 0.0295. The number of aliphatic carboxylic acids is 1. The lowest BCUT2D eigenvalue weighted by atomic mass is 9.89. The van der Waals surface area contributed by atoms with Crippen LogP contribution in [-0.2, 0) is 14.4 Å². The second kappa shape index (κ2) is 6.32. The van der Waals surface area contributed by atoms with Gasteiger partial charge in [0.2, 0.25) is 5.78 Å². The van der Waals surface area contributed by atoms with Crippen molar-refractivity contribution in [1.82, 2.24) is 0 Å². The molecular formula is C11H18O4. The first-order valence-electron chi connectivity index (χ1n) is 5.11. The van der Waals surface area contributed by atoms with Crippen LogP contribution in [0.15, 0.2) is 0 Å². The molecule has 0 bridgehead atoms. The van der Waals surface area contributed by atoms with Crippen LogP contribution in [0, 0.1) is 11.8 Å². The summed E-state index contributed by atoms with van der Waals surface area (Å²) in [4.78, 5) is 32.3. The summed E-state index contributed by atoms with van der Waals surface area (Å²) >= 11 is 0. The molecule has 0 saturated heterocycles. The number of carboxylic acids is 1. The van der Waals surface area contributed by atoms with Gasteiger partial charge in [0.25, 0.3) is 0 Å². The molecule has 0 aliphatic heterocycles. The highest BCUT2D eigenvalue weighted by molar-refractivity contribution is 6.32. The Bertz CT molecular complexity index is 255. The van der Waals surface area contributed by atoms with Gasteiger partial charge >= 0.3 is 5.97 Å². The van der Waals surface area contributed by atoms with E-state index in [-0.39, 0.29) is 18.1 Å². The topological polar surface area (TPSA) is 71.4 Å². The van der Waals surface area contributed by atoms with Gasteiger partial charge in [-0.25, -0.2) is 4.79 Å². The average Bonchev–Trinajstić information content (AvgIpc) is 2.10. The predicted octanol–water partition coefficient (Wildman–Crippen LogP) is 1.67. The lowest BCUT2D eigenvalue weighted by molar-refractivity contribution is -0.149. The first-order valence-corrected chi connectivity index (χ1v) is 5.11. The molecule has 0 saturated carbocycles. The van der Waals surface area contributed by atoms with Crippen LogP contribution in [0.3, 0.4) is 0 Å². The summed E-state index contributed by atoms with van der Waals surface area (Å²) in [7, 11) is 0. The largest absolute Gasteiger partial charge is 0.476 e. The highest BCUT2D eigenvalue weighted by atomic mass is 16.4. The number of carbonyl (C=O) groups excluding carboxylic acids is 2. The van der Waals surface area contributed by atoms with Crippen molar-refractivity contribution in [3.05, 3.63) is 0 Å². The third kappa shape index (κ3) is 5.99. The second-order valence-electron chi connectivity index (χ2n) is 4.20. The van der Waals surface area contributed by atoms with Crippen molar-refractivity contribution in [1.29, 1.82) is 0 Å². The van der Waals surface area contributed by atoms with Crippen LogP contribution in [0.25, 0.3) is 0 Å². The zero-order valence-corrected chi connectivity index (χ0v) is 9.45. The number of ketones is 2. The van der Waals surface area contributed by atoms with E-state index in [1.807, 2.05) is 13.8 Å². The maximum Gasteiger partial charge on any atom is 0.372 e. The molecule has 86 valence electrons. The van der Waals surface area contributed by atoms with Crippen molar-refractivity contribution in [2.75, 3.05) is 0 Å². The summed E-state index contributed by atoms with van der Waals surface area (Å²) in [5.74, 6) is -2.01. The van der Waals surface area contributed by atoms with Crippen LogP contribution in [0.1, 0.15) is 40.0 Å². The SMILES string of the molecule is CC(=O)C(CCC(=O)C(=O)O)CC(C)C.